The van der Waals surface area contributed by atoms with Crippen LogP contribution >= 0.6 is 0 Å². The number of rotatable bonds is 5. The molecular formula is C10H19N3O. The Bertz CT molecular complexity index is 270. The monoisotopic (exact) mass is 197 g/mol. The van der Waals surface area contributed by atoms with Gasteiger partial charge in [-0.15, -0.1) is 0 Å². The van der Waals surface area contributed by atoms with Crippen LogP contribution < -0.4 is 5.32 Å². The molecule has 4 heteroatoms. The Morgan fingerprint density at radius 1 is 1.50 bits per heavy atom. The average molecular weight is 197 g/mol. The summed E-state index contributed by atoms with van der Waals surface area (Å²) in [5.41, 5.74) is 1.15. The van der Waals surface area contributed by atoms with E-state index in [1.165, 1.54) is 0 Å². The smallest absolute Gasteiger partial charge is 0.0582 e. The van der Waals surface area contributed by atoms with Crippen LogP contribution in [0.5, 0.6) is 0 Å². The maximum Gasteiger partial charge on any atom is 0.0582 e. The Morgan fingerprint density at radius 3 is 2.71 bits per heavy atom. The van der Waals surface area contributed by atoms with Crippen molar-refractivity contribution in [2.24, 2.45) is 0 Å². The van der Waals surface area contributed by atoms with Gasteiger partial charge in [0.25, 0.3) is 0 Å². The van der Waals surface area contributed by atoms with Crippen LogP contribution in [-0.2, 0) is 6.54 Å². The first-order chi connectivity index (χ1) is 6.63. The minimum atomic E-state index is 0.136. The molecule has 0 spiro atoms. The second-order valence-electron chi connectivity index (χ2n) is 3.89. The molecule has 0 radical (unpaired) electrons. The van der Waals surface area contributed by atoms with E-state index in [-0.39, 0.29) is 12.6 Å². The van der Waals surface area contributed by atoms with Gasteiger partial charge in [0.2, 0.25) is 0 Å². The lowest BCUT2D eigenvalue weighted by molar-refractivity contribution is 0.251. The first kappa shape index (κ1) is 11.2. The molecule has 0 saturated carbocycles. The molecule has 0 aromatic carbocycles. The Balaban J connectivity index is 2.44. The molecule has 2 N–H and O–H groups in total. The van der Waals surface area contributed by atoms with Gasteiger partial charge < -0.3 is 10.4 Å². The number of hydrogen-bond acceptors (Lipinski definition) is 3. The normalized spacial score (nSPS) is 13.5. The summed E-state index contributed by atoms with van der Waals surface area (Å²) < 4.78 is 1.93. The van der Waals surface area contributed by atoms with E-state index in [0.29, 0.717) is 6.04 Å². The van der Waals surface area contributed by atoms with Gasteiger partial charge in [0.05, 0.1) is 12.8 Å². The van der Waals surface area contributed by atoms with Gasteiger partial charge in [0.15, 0.2) is 0 Å². The maximum atomic E-state index is 8.82. The number of aliphatic hydroxyl groups excluding tert-OH is 1. The predicted molar refractivity (Wildman–Crippen MR) is 56.0 cm³/mol. The van der Waals surface area contributed by atoms with E-state index in [1.54, 1.807) is 0 Å². The maximum absolute atomic E-state index is 8.82. The van der Waals surface area contributed by atoms with E-state index in [0.717, 1.165) is 12.1 Å². The van der Waals surface area contributed by atoms with Crippen LogP contribution in [0.1, 0.15) is 32.4 Å². The number of hydrogen-bond donors (Lipinski definition) is 2. The van der Waals surface area contributed by atoms with Crippen LogP contribution in [-0.4, -0.2) is 27.5 Å². The van der Waals surface area contributed by atoms with E-state index < -0.39 is 0 Å². The largest absolute Gasteiger partial charge is 0.395 e. The lowest BCUT2D eigenvalue weighted by Gasteiger charge is -2.08. The molecule has 1 unspecified atom stereocenters. The fourth-order valence-electron chi connectivity index (χ4n) is 1.11. The molecule has 1 atom stereocenters. The second-order valence-corrected chi connectivity index (χ2v) is 3.89. The summed E-state index contributed by atoms with van der Waals surface area (Å²) in [6.07, 6.45) is 3.89. The molecule has 0 aliphatic heterocycles. The summed E-state index contributed by atoms with van der Waals surface area (Å²) in [6, 6.07) is 0.538. The van der Waals surface area contributed by atoms with Crippen molar-refractivity contribution in [3.05, 3.63) is 18.0 Å². The molecule has 0 saturated heterocycles. The van der Waals surface area contributed by atoms with Crippen LogP contribution in [0.2, 0.25) is 0 Å². The molecule has 4 nitrogen and oxygen atoms in total. The molecule has 0 aliphatic carbocycles. The molecule has 1 heterocycles. The standard InChI is InChI=1S/C10H19N3O/c1-8(2)13-6-10(5-12-13)4-11-9(3)7-14/h5-6,8-9,11,14H,4,7H2,1-3H3. The molecule has 0 bridgehead atoms. The van der Waals surface area contributed by atoms with Crippen LogP contribution in [0.15, 0.2) is 12.4 Å². The number of aliphatic hydroxyl groups is 1. The van der Waals surface area contributed by atoms with Gasteiger partial charge in [0.1, 0.15) is 0 Å². The van der Waals surface area contributed by atoms with Crippen molar-refractivity contribution < 1.29 is 5.11 Å². The summed E-state index contributed by atoms with van der Waals surface area (Å²) in [5.74, 6) is 0. The van der Waals surface area contributed by atoms with Crippen molar-refractivity contribution in [2.45, 2.75) is 39.4 Å². The Hall–Kier alpha value is -0.870. The minimum absolute atomic E-state index is 0.136. The van der Waals surface area contributed by atoms with Gasteiger partial charge in [-0.1, -0.05) is 0 Å². The van der Waals surface area contributed by atoms with Gasteiger partial charge in [-0.2, -0.15) is 5.10 Å². The van der Waals surface area contributed by atoms with Gasteiger partial charge in [-0.3, -0.25) is 4.68 Å². The molecule has 1 rings (SSSR count). The number of nitrogens with zero attached hydrogens (tertiary/aromatic N) is 2. The van der Waals surface area contributed by atoms with Gasteiger partial charge >= 0.3 is 0 Å². The zero-order valence-electron chi connectivity index (χ0n) is 9.07. The van der Waals surface area contributed by atoms with Crippen molar-refractivity contribution in [3.8, 4) is 0 Å². The van der Waals surface area contributed by atoms with E-state index in [1.807, 2.05) is 24.0 Å². The van der Waals surface area contributed by atoms with Crippen molar-refractivity contribution in [3.63, 3.8) is 0 Å². The van der Waals surface area contributed by atoms with E-state index in [4.69, 9.17) is 5.11 Å². The Morgan fingerprint density at radius 2 is 2.21 bits per heavy atom. The van der Waals surface area contributed by atoms with Crippen LogP contribution in [0.25, 0.3) is 0 Å². The quantitative estimate of drug-likeness (QED) is 0.738. The van der Waals surface area contributed by atoms with E-state index in [9.17, 15) is 0 Å². The molecule has 0 aliphatic rings. The van der Waals surface area contributed by atoms with Crippen molar-refractivity contribution in [1.29, 1.82) is 0 Å². The highest BCUT2D eigenvalue weighted by Crippen LogP contribution is 2.04. The highest BCUT2D eigenvalue weighted by Gasteiger charge is 2.03. The molecular weight excluding hydrogens is 178 g/mol. The highest BCUT2D eigenvalue weighted by molar-refractivity contribution is 5.03. The van der Waals surface area contributed by atoms with Crippen molar-refractivity contribution in [2.75, 3.05) is 6.61 Å². The average Bonchev–Trinajstić information content (AvgIpc) is 2.62. The van der Waals surface area contributed by atoms with Crippen LogP contribution in [0.4, 0.5) is 0 Å². The first-order valence-corrected chi connectivity index (χ1v) is 5.00. The minimum Gasteiger partial charge on any atom is -0.395 e. The van der Waals surface area contributed by atoms with Crippen LogP contribution in [0, 0.1) is 0 Å². The van der Waals surface area contributed by atoms with Gasteiger partial charge in [-0.05, 0) is 20.8 Å². The SMILES string of the molecule is CC(CO)NCc1cnn(C(C)C)c1. The molecule has 80 valence electrons. The Kier molecular flexibility index (Phi) is 4.10. The molecule has 14 heavy (non-hydrogen) atoms. The fourth-order valence-corrected chi connectivity index (χ4v) is 1.11. The summed E-state index contributed by atoms with van der Waals surface area (Å²) >= 11 is 0. The number of aromatic nitrogens is 2. The Labute approximate surface area is 84.9 Å². The summed E-state index contributed by atoms with van der Waals surface area (Å²) in [4.78, 5) is 0. The predicted octanol–water partition coefficient (Wildman–Crippen LogP) is 0.934. The summed E-state index contributed by atoms with van der Waals surface area (Å²) in [5, 5.41) is 16.3. The molecule has 0 amide bonds. The summed E-state index contributed by atoms with van der Waals surface area (Å²) in [7, 11) is 0. The molecule has 0 fully saturated rings. The zero-order valence-corrected chi connectivity index (χ0v) is 9.07. The molecule has 1 aromatic rings. The fraction of sp³-hybridized carbons (Fsp3) is 0.700. The van der Waals surface area contributed by atoms with E-state index in [2.05, 4.69) is 24.3 Å². The summed E-state index contributed by atoms with van der Waals surface area (Å²) in [6.45, 7) is 7.07. The molecule has 1 aromatic heterocycles. The van der Waals surface area contributed by atoms with Gasteiger partial charge in [0, 0.05) is 30.4 Å². The first-order valence-electron chi connectivity index (χ1n) is 5.00. The van der Waals surface area contributed by atoms with E-state index >= 15 is 0 Å². The van der Waals surface area contributed by atoms with Crippen molar-refractivity contribution >= 4 is 0 Å². The lowest BCUT2D eigenvalue weighted by Crippen LogP contribution is -2.28. The number of nitrogens with one attached hydrogen (secondary N) is 1. The topological polar surface area (TPSA) is 50.1 Å². The highest BCUT2D eigenvalue weighted by atomic mass is 16.3. The second kappa shape index (κ2) is 5.12. The third-order valence-electron chi connectivity index (χ3n) is 2.11. The van der Waals surface area contributed by atoms with Crippen LogP contribution in [0.3, 0.4) is 0 Å². The van der Waals surface area contributed by atoms with Gasteiger partial charge in [-0.25, -0.2) is 0 Å². The third-order valence-corrected chi connectivity index (χ3v) is 2.11. The lowest BCUT2D eigenvalue weighted by atomic mass is 10.3. The van der Waals surface area contributed by atoms with Crippen molar-refractivity contribution in [1.82, 2.24) is 15.1 Å². The zero-order chi connectivity index (χ0) is 10.6. The third kappa shape index (κ3) is 3.12.